The number of carbonyl (C=O) groups is 1. The summed E-state index contributed by atoms with van der Waals surface area (Å²) in [5.74, 6) is 0.485. The zero-order valence-electron chi connectivity index (χ0n) is 10.5. The summed E-state index contributed by atoms with van der Waals surface area (Å²) >= 11 is 7.24. The maximum absolute atomic E-state index is 10.6. The number of rotatable bonds is 7. The smallest absolute Gasteiger partial charge is 0.371 e. The van der Waals surface area contributed by atoms with E-state index in [2.05, 4.69) is 0 Å². The van der Waals surface area contributed by atoms with Crippen LogP contribution in [0.25, 0.3) is 0 Å². The van der Waals surface area contributed by atoms with Gasteiger partial charge in [0.15, 0.2) is 5.09 Å². The predicted molar refractivity (Wildman–Crippen MR) is 78.0 cm³/mol. The molecule has 0 saturated carbocycles. The van der Waals surface area contributed by atoms with Gasteiger partial charge in [0.2, 0.25) is 5.76 Å². The zero-order chi connectivity index (χ0) is 14.4. The molecule has 1 heterocycles. The number of hydrogen-bond acceptors (Lipinski definition) is 4. The largest absolute Gasteiger partial charge is 0.494 e. The molecule has 2 rings (SSSR count). The lowest BCUT2D eigenvalue weighted by atomic mass is 10.3. The molecule has 106 valence electrons. The molecule has 1 aromatic heterocycles. The monoisotopic (exact) mass is 312 g/mol. The summed E-state index contributed by atoms with van der Waals surface area (Å²) in [4.78, 5) is 10.6. The van der Waals surface area contributed by atoms with Crippen LogP contribution in [-0.2, 0) is 0 Å². The van der Waals surface area contributed by atoms with Crippen molar-refractivity contribution < 1.29 is 19.1 Å². The number of aromatic carboxylic acids is 1. The maximum Gasteiger partial charge on any atom is 0.371 e. The first kappa shape index (κ1) is 14.8. The van der Waals surface area contributed by atoms with Crippen molar-refractivity contribution in [3.8, 4) is 5.75 Å². The zero-order valence-corrected chi connectivity index (χ0v) is 12.1. The van der Waals surface area contributed by atoms with E-state index < -0.39 is 5.97 Å². The van der Waals surface area contributed by atoms with Crippen LogP contribution in [0, 0.1) is 0 Å². The summed E-state index contributed by atoms with van der Waals surface area (Å²) < 4.78 is 10.7. The average molecular weight is 313 g/mol. The molecule has 4 nitrogen and oxygen atoms in total. The molecule has 0 bridgehead atoms. The topological polar surface area (TPSA) is 59.7 Å². The van der Waals surface area contributed by atoms with Crippen molar-refractivity contribution in [2.45, 2.75) is 11.5 Å². The Morgan fingerprint density at radius 2 is 2.00 bits per heavy atom. The van der Waals surface area contributed by atoms with E-state index in [9.17, 15) is 4.79 Å². The number of ether oxygens (including phenoxy) is 1. The maximum atomic E-state index is 10.6. The molecule has 0 radical (unpaired) electrons. The van der Waals surface area contributed by atoms with Crippen LogP contribution in [0.1, 0.15) is 17.0 Å². The summed E-state index contributed by atoms with van der Waals surface area (Å²) in [5, 5.41) is 10.0. The lowest BCUT2D eigenvalue weighted by Gasteiger charge is -2.05. The van der Waals surface area contributed by atoms with Crippen LogP contribution in [0.5, 0.6) is 5.75 Å². The minimum atomic E-state index is -1.05. The van der Waals surface area contributed by atoms with E-state index in [1.807, 2.05) is 12.1 Å². The van der Waals surface area contributed by atoms with Gasteiger partial charge in [-0.05, 0) is 42.8 Å². The van der Waals surface area contributed by atoms with Gasteiger partial charge in [-0.25, -0.2) is 4.79 Å². The second-order valence-electron chi connectivity index (χ2n) is 3.93. The summed E-state index contributed by atoms with van der Waals surface area (Å²) in [6, 6.07) is 10.3. The number of carboxylic acids is 1. The summed E-state index contributed by atoms with van der Waals surface area (Å²) in [7, 11) is 0. The van der Waals surface area contributed by atoms with Crippen molar-refractivity contribution in [3.05, 3.63) is 47.2 Å². The fraction of sp³-hybridized carbons (Fsp3) is 0.214. The van der Waals surface area contributed by atoms with Crippen LogP contribution in [0.3, 0.4) is 0 Å². The van der Waals surface area contributed by atoms with Crippen LogP contribution >= 0.6 is 23.4 Å². The molecular formula is C14H13ClO4S. The highest BCUT2D eigenvalue weighted by molar-refractivity contribution is 7.99. The minimum Gasteiger partial charge on any atom is -0.494 e. The van der Waals surface area contributed by atoms with Crippen molar-refractivity contribution >= 4 is 29.3 Å². The van der Waals surface area contributed by atoms with Gasteiger partial charge in [0, 0.05) is 10.8 Å². The van der Waals surface area contributed by atoms with Gasteiger partial charge in [0.25, 0.3) is 0 Å². The predicted octanol–water partition coefficient (Wildman–Crippen LogP) is 4.19. The van der Waals surface area contributed by atoms with Crippen LogP contribution in [-0.4, -0.2) is 23.4 Å². The Balaban J connectivity index is 1.66. The molecule has 0 aliphatic heterocycles. The third-order valence-electron chi connectivity index (χ3n) is 2.41. The minimum absolute atomic E-state index is 0.0371. The molecule has 0 aliphatic carbocycles. The number of thioether (sulfide) groups is 1. The molecule has 0 saturated heterocycles. The van der Waals surface area contributed by atoms with Crippen molar-refractivity contribution in [1.82, 2.24) is 0 Å². The lowest BCUT2D eigenvalue weighted by Crippen LogP contribution is -1.98. The molecule has 0 atom stereocenters. The van der Waals surface area contributed by atoms with E-state index in [0.717, 1.165) is 17.9 Å². The standard InChI is InChI=1S/C14H13ClO4S/c15-10-2-4-11(5-3-10)18-8-1-9-20-13-7-6-12(19-13)14(16)17/h2-7H,1,8-9H2,(H,16,17). The van der Waals surface area contributed by atoms with Crippen LogP contribution in [0.4, 0.5) is 0 Å². The second kappa shape index (κ2) is 7.26. The second-order valence-corrected chi connectivity index (χ2v) is 5.46. The molecule has 0 amide bonds. The molecule has 1 N–H and O–H groups in total. The number of carboxylic acid groups (broad SMARTS) is 1. The van der Waals surface area contributed by atoms with Gasteiger partial charge in [-0.1, -0.05) is 23.4 Å². The average Bonchev–Trinajstić information content (AvgIpc) is 2.89. The van der Waals surface area contributed by atoms with Crippen LogP contribution in [0.2, 0.25) is 5.02 Å². The van der Waals surface area contributed by atoms with Crippen molar-refractivity contribution in [2.24, 2.45) is 0 Å². The first-order valence-electron chi connectivity index (χ1n) is 5.99. The van der Waals surface area contributed by atoms with Gasteiger partial charge in [-0.3, -0.25) is 0 Å². The number of benzene rings is 1. The molecule has 6 heteroatoms. The van der Waals surface area contributed by atoms with Gasteiger partial charge in [0.05, 0.1) is 6.61 Å². The van der Waals surface area contributed by atoms with Gasteiger partial charge in [0.1, 0.15) is 5.75 Å². The highest BCUT2D eigenvalue weighted by Crippen LogP contribution is 2.22. The number of furan rings is 1. The molecule has 20 heavy (non-hydrogen) atoms. The Labute approximate surface area is 125 Å². The van der Waals surface area contributed by atoms with Crippen LogP contribution < -0.4 is 4.74 Å². The number of halogens is 1. The lowest BCUT2D eigenvalue weighted by molar-refractivity contribution is 0.0656. The molecule has 0 unspecified atom stereocenters. The first-order chi connectivity index (χ1) is 9.65. The molecular weight excluding hydrogens is 300 g/mol. The van der Waals surface area contributed by atoms with Crippen LogP contribution in [0.15, 0.2) is 45.9 Å². The van der Waals surface area contributed by atoms with Gasteiger partial charge in [-0.15, -0.1) is 0 Å². The highest BCUT2D eigenvalue weighted by atomic mass is 35.5. The summed E-state index contributed by atoms with van der Waals surface area (Å²) in [6.07, 6.45) is 0.830. The van der Waals surface area contributed by atoms with E-state index in [1.54, 1.807) is 18.2 Å². The van der Waals surface area contributed by atoms with Crippen molar-refractivity contribution in [2.75, 3.05) is 12.4 Å². The fourth-order valence-corrected chi connectivity index (χ4v) is 2.37. The van der Waals surface area contributed by atoms with E-state index in [4.69, 9.17) is 25.9 Å². The molecule has 1 aromatic carbocycles. The van der Waals surface area contributed by atoms with Gasteiger partial charge < -0.3 is 14.3 Å². The van der Waals surface area contributed by atoms with E-state index in [1.165, 1.54) is 17.8 Å². The summed E-state index contributed by atoms with van der Waals surface area (Å²) in [5.41, 5.74) is 0. The van der Waals surface area contributed by atoms with Crippen molar-refractivity contribution in [3.63, 3.8) is 0 Å². The molecule has 2 aromatic rings. The van der Waals surface area contributed by atoms with E-state index in [0.29, 0.717) is 16.7 Å². The fourth-order valence-electron chi connectivity index (χ4n) is 1.47. The van der Waals surface area contributed by atoms with E-state index in [-0.39, 0.29) is 5.76 Å². The summed E-state index contributed by atoms with van der Waals surface area (Å²) in [6.45, 7) is 0.584. The third kappa shape index (κ3) is 4.51. The Kier molecular flexibility index (Phi) is 5.38. The van der Waals surface area contributed by atoms with Gasteiger partial charge in [-0.2, -0.15) is 0 Å². The van der Waals surface area contributed by atoms with Gasteiger partial charge >= 0.3 is 5.97 Å². The Morgan fingerprint density at radius 3 is 2.65 bits per heavy atom. The number of hydrogen-bond donors (Lipinski definition) is 1. The molecule has 0 aliphatic rings. The Morgan fingerprint density at radius 1 is 1.25 bits per heavy atom. The van der Waals surface area contributed by atoms with E-state index >= 15 is 0 Å². The third-order valence-corrected chi connectivity index (χ3v) is 3.66. The van der Waals surface area contributed by atoms with Crippen molar-refractivity contribution in [1.29, 1.82) is 0 Å². The first-order valence-corrected chi connectivity index (χ1v) is 7.36. The molecule has 0 spiro atoms. The Bertz CT molecular complexity index is 565. The molecule has 0 fully saturated rings. The Hall–Kier alpha value is -1.59. The normalized spacial score (nSPS) is 10.4. The quantitative estimate of drug-likeness (QED) is 0.613. The SMILES string of the molecule is O=C(O)c1ccc(SCCCOc2ccc(Cl)cc2)o1. The highest BCUT2D eigenvalue weighted by Gasteiger charge is 2.08.